The van der Waals surface area contributed by atoms with E-state index in [-0.39, 0.29) is 0 Å². The van der Waals surface area contributed by atoms with Crippen molar-refractivity contribution < 1.29 is 18.4 Å². The molecule has 0 unspecified atom stereocenters. The van der Waals surface area contributed by atoms with Gasteiger partial charge in [-0.3, -0.25) is 0 Å². The minimum Gasteiger partial charge on any atom is -0.508 e. The van der Waals surface area contributed by atoms with Gasteiger partial charge in [0.15, 0.2) is 0 Å². The fraction of sp³-hybridized carbons (Fsp3) is 0.586. The third-order valence-electron chi connectivity index (χ3n) is 6.19. The molecule has 0 aliphatic heterocycles. The second-order valence-corrected chi connectivity index (χ2v) is 11.6. The highest BCUT2D eigenvalue weighted by molar-refractivity contribution is 6.60. The molecule has 2 rings (SSSR count). The van der Waals surface area contributed by atoms with Crippen LogP contribution in [0, 0.1) is 0 Å². The summed E-state index contributed by atoms with van der Waals surface area (Å²) in [7, 11) is -2.65. The number of unbranched alkanes of at least 4 members (excludes halogenated alkanes) is 5. The van der Waals surface area contributed by atoms with E-state index in [1.807, 2.05) is 32.9 Å². The van der Waals surface area contributed by atoms with Crippen molar-refractivity contribution in [2.75, 3.05) is 19.8 Å². The normalized spacial score (nSPS) is 11.8. The number of phenols is 1. The molecular formula is C29H46O4Si. The third-order valence-corrected chi connectivity index (χ3v) is 9.35. The van der Waals surface area contributed by atoms with E-state index in [4.69, 9.17) is 13.3 Å². The Hall–Kier alpha value is -1.66. The van der Waals surface area contributed by atoms with Crippen molar-refractivity contribution in [2.24, 2.45) is 0 Å². The lowest BCUT2D eigenvalue weighted by molar-refractivity contribution is 0.0708. The first-order valence-corrected chi connectivity index (χ1v) is 15.3. The Morgan fingerprint density at radius 3 is 1.91 bits per heavy atom. The minimum atomic E-state index is -2.65. The molecule has 0 fully saturated rings. The molecule has 5 heteroatoms. The standard InChI is InChI=1S/C29H46O4Si/c1-5-9-10-11-12-13-15-25-17-19-26(20-18-25)29-22-21-28(30)24-27(29)16-14-23-34(31-6-2,32-7-3)33-8-4/h17-22,24,30H,5-16,23H2,1-4H3. The molecule has 0 radical (unpaired) electrons. The zero-order valence-electron chi connectivity index (χ0n) is 21.9. The number of aromatic hydroxyl groups is 1. The number of benzene rings is 2. The van der Waals surface area contributed by atoms with Crippen LogP contribution < -0.4 is 0 Å². The molecule has 0 atom stereocenters. The molecule has 0 saturated heterocycles. The Morgan fingerprint density at radius 2 is 1.29 bits per heavy atom. The Bertz CT molecular complexity index is 789. The summed E-state index contributed by atoms with van der Waals surface area (Å²) in [6.45, 7) is 10.0. The van der Waals surface area contributed by atoms with Crippen LogP contribution in [-0.2, 0) is 26.1 Å². The average Bonchev–Trinajstić information content (AvgIpc) is 2.82. The van der Waals surface area contributed by atoms with Gasteiger partial charge in [0, 0.05) is 25.9 Å². The zero-order valence-corrected chi connectivity index (χ0v) is 22.9. The van der Waals surface area contributed by atoms with Gasteiger partial charge in [-0.2, -0.15) is 0 Å². The smallest absolute Gasteiger partial charge is 0.500 e. The van der Waals surface area contributed by atoms with E-state index in [0.29, 0.717) is 25.6 Å². The summed E-state index contributed by atoms with van der Waals surface area (Å²) in [6.07, 6.45) is 10.8. The van der Waals surface area contributed by atoms with Gasteiger partial charge in [0.1, 0.15) is 5.75 Å². The molecule has 4 nitrogen and oxygen atoms in total. The quantitative estimate of drug-likeness (QED) is 0.172. The lowest BCUT2D eigenvalue weighted by atomic mass is 9.95. The van der Waals surface area contributed by atoms with Gasteiger partial charge >= 0.3 is 8.80 Å². The summed E-state index contributed by atoms with van der Waals surface area (Å²) in [5, 5.41) is 10.1. The second kappa shape index (κ2) is 16.1. The average molecular weight is 487 g/mol. The molecule has 34 heavy (non-hydrogen) atoms. The highest BCUT2D eigenvalue weighted by Crippen LogP contribution is 2.30. The molecule has 0 aliphatic rings. The van der Waals surface area contributed by atoms with Crippen molar-refractivity contribution in [1.82, 2.24) is 0 Å². The largest absolute Gasteiger partial charge is 0.508 e. The zero-order chi connectivity index (χ0) is 24.7. The number of hydrogen-bond acceptors (Lipinski definition) is 4. The Labute approximate surface area is 209 Å². The number of phenolic OH excluding ortho intramolecular Hbond substituents is 1. The molecule has 190 valence electrons. The number of aryl methyl sites for hydroxylation is 2. The lowest BCUT2D eigenvalue weighted by Crippen LogP contribution is -2.46. The van der Waals surface area contributed by atoms with Gasteiger partial charge in [-0.05, 0) is 80.8 Å². The fourth-order valence-corrected chi connectivity index (χ4v) is 7.14. The van der Waals surface area contributed by atoms with Gasteiger partial charge in [0.25, 0.3) is 0 Å². The molecule has 0 spiro atoms. The van der Waals surface area contributed by atoms with Crippen LogP contribution in [0.3, 0.4) is 0 Å². The van der Waals surface area contributed by atoms with Crippen LogP contribution in [0.25, 0.3) is 11.1 Å². The minimum absolute atomic E-state index is 0.307. The SMILES string of the molecule is CCCCCCCCc1ccc(-c2ccc(O)cc2CCC[Si](OCC)(OCC)OCC)cc1. The van der Waals surface area contributed by atoms with Crippen molar-refractivity contribution in [3.05, 3.63) is 53.6 Å². The number of rotatable bonds is 18. The van der Waals surface area contributed by atoms with Crippen molar-refractivity contribution in [3.8, 4) is 16.9 Å². The van der Waals surface area contributed by atoms with E-state index in [9.17, 15) is 5.11 Å². The van der Waals surface area contributed by atoms with Crippen molar-refractivity contribution in [1.29, 1.82) is 0 Å². The Balaban J connectivity index is 2.02. The van der Waals surface area contributed by atoms with Crippen LogP contribution in [0.1, 0.15) is 83.8 Å². The summed E-state index contributed by atoms with van der Waals surface area (Å²) >= 11 is 0. The van der Waals surface area contributed by atoms with Crippen LogP contribution in [0.5, 0.6) is 5.75 Å². The maximum atomic E-state index is 10.1. The molecule has 1 N–H and O–H groups in total. The monoisotopic (exact) mass is 486 g/mol. The summed E-state index contributed by atoms with van der Waals surface area (Å²) < 4.78 is 18.0. The van der Waals surface area contributed by atoms with Crippen LogP contribution in [0.15, 0.2) is 42.5 Å². The highest BCUT2D eigenvalue weighted by Gasteiger charge is 2.39. The van der Waals surface area contributed by atoms with Crippen LogP contribution >= 0.6 is 0 Å². The van der Waals surface area contributed by atoms with Gasteiger partial charge in [0.2, 0.25) is 0 Å². The molecular weight excluding hydrogens is 440 g/mol. The van der Waals surface area contributed by atoms with E-state index < -0.39 is 8.80 Å². The van der Waals surface area contributed by atoms with Crippen molar-refractivity contribution >= 4 is 8.80 Å². The van der Waals surface area contributed by atoms with Gasteiger partial charge in [0.05, 0.1) is 0 Å². The summed E-state index contributed by atoms with van der Waals surface area (Å²) in [5.41, 5.74) is 4.93. The maximum Gasteiger partial charge on any atom is 0.500 e. The summed E-state index contributed by atoms with van der Waals surface area (Å²) in [5.74, 6) is 0.307. The first-order valence-electron chi connectivity index (χ1n) is 13.4. The van der Waals surface area contributed by atoms with Crippen LogP contribution in [0.4, 0.5) is 0 Å². The first-order chi connectivity index (χ1) is 16.6. The highest BCUT2D eigenvalue weighted by atomic mass is 28.4. The van der Waals surface area contributed by atoms with E-state index in [1.54, 1.807) is 6.07 Å². The molecule has 0 aromatic heterocycles. The predicted molar refractivity (Wildman–Crippen MR) is 144 cm³/mol. The topological polar surface area (TPSA) is 47.9 Å². The van der Waals surface area contributed by atoms with Gasteiger partial charge < -0.3 is 18.4 Å². The predicted octanol–water partition coefficient (Wildman–Crippen LogP) is 7.94. The third kappa shape index (κ3) is 9.53. The molecule has 2 aromatic carbocycles. The molecule has 0 amide bonds. The number of hydrogen-bond donors (Lipinski definition) is 1. The molecule has 0 saturated carbocycles. The van der Waals surface area contributed by atoms with Crippen molar-refractivity contribution in [2.45, 2.75) is 91.5 Å². The lowest BCUT2D eigenvalue weighted by Gasteiger charge is -2.28. The summed E-state index contributed by atoms with van der Waals surface area (Å²) in [4.78, 5) is 0. The van der Waals surface area contributed by atoms with E-state index in [1.165, 1.54) is 55.2 Å². The van der Waals surface area contributed by atoms with Gasteiger partial charge in [-0.1, -0.05) is 69.4 Å². The van der Waals surface area contributed by atoms with E-state index in [0.717, 1.165) is 30.9 Å². The second-order valence-electron chi connectivity index (χ2n) is 8.89. The van der Waals surface area contributed by atoms with Gasteiger partial charge in [-0.25, -0.2) is 0 Å². The van der Waals surface area contributed by atoms with E-state index >= 15 is 0 Å². The van der Waals surface area contributed by atoms with Crippen LogP contribution in [-0.4, -0.2) is 33.7 Å². The molecule has 0 heterocycles. The summed E-state index contributed by atoms with van der Waals surface area (Å²) in [6, 6.07) is 15.4. The van der Waals surface area contributed by atoms with E-state index in [2.05, 4.69) is 31.2 Å². The molecule has 2 aromatic rings. The Kier molecular flexibility index (Phi) is 13.5. The van der Waals surface area contributed by atoms with Crippen molar-refractivity contribution in [3.63, 3.8) is 0 Å². The van der Waals surface area contributed by atoms with Gasteiger partial charge in [-0.15, -0.1) is 0 Å². The van der Waals surface area contributed by atoms with Crippen LogP contribution in [0.2, 0.25) is 6.04 Å². The molecule has 0 bridgehead atoms. The fourth-order valence-electron chi connectivity index (χ4n) is 4.53. The first kappa shape index (κ1) is 28.6. The maximum absolute atomic E-state index is 10.1. The Morgan fingerprint density at radius 1 is 0.676 bits per heavy atom. The molecule has 0 aliphatic carbocycles.